The number of amides is 1. The number of aliphatic hydroxyl groups is 1. The van der Waals surface area contributed by atoms with Gasteiger partial charge >= 0.3 is 0 Å². The maximum Gasteiger partial charge on any atom is 0.252 e. The van der Waals surface area contributed by atoms with Crippen molar-refractivity contribution in [2.75, 3.05) is 12.8 Å². The van der Waals surface area contributed by atoms with Crippen LogP contribution < -0.4 is 5.32 Å². The summed E-state index contributed by atoms with van der Waals surface area (Å²) in [5.41, 5.74) is 1.27. The van der Waals surface area contributed by atoms with E-state index in [0.29, 0.717) is 11.1 Å². The van der Waals surface area contributed by atoms with Gasteiger partial charge in [-0.2, -0.15) is 0 Å². The van der Waals surface area contributed by atoms with Crippen molar-refractivity contribution in [3.8, 4) is 0 Å². The summed E-state index contributed by atoms with van der Waals surface area (Å²) in [5, 5.41) is 12.6. The summed E-state index contributed by atoms with van der Waals surface area (Å²) in [6, 6.07) is 9.05. The number of carbonyl (C=O) groups is 1. The Kier molecular flexibility index (Phi) is 4.65. The van der Waals surface area contributed by atoms with E-state index in [-0.39, 0.29) is 12.5 Å². The lowest BCUT2D eigenvalue weighted by atomic mass is 10.2. The third-order valence-corrected chi connectivity index (χ3v) is 3.53. The topological polar surface area (TPSA) is 62.5 Å². The van der Waals surface area contributed by atoms with Gasteiger partial charge in [0.15, 0.2) is 0 Å². The molecular weight excluding hydrogens is 262 g/mol. The Balaban J connectivity index is 1.98. The number of carbonyl (C=O) groups excluding carboxylic acids is 1. The smallest absolute Gasteiger partial charge is 0.252 e. The van der Waals surface area contributed by atoms with Crippen molar-refractivity contribution < 1.29 is 14.3 Å². The summed E-state index contributed by atoms with van der Waals surface area (Å²) in [4.78, 5) is 13.0. The summed E-state index contributed by atoms with van der Waals surface area (Å²) < 4.78 is 4.89. The lowest BCUT2D eigenvalue weighted by Crippen LogP contribution is -2.28. The second-order valence-electron chi connectivity index (χ2n) is 3.98. The Morgan fingerprint density at radius 3 is 2.89 bits per heavy atom. The summed E-state index contributed by atoms with van der Waals surface area (Å²) in [7, 11) is 0. The second kappa shape index (κ2) is 6.45. The van der Waals surface area contributed by atoms with Gasteiger partial charge in [-0.3, -0.25) is 4.79 Å². The Labute approximate surface area is 115 Å². The molecule has 0 aliphatic carbocycles. The zero-order chi connectivity index (χ0) is 13.7. The van der Waals surface area contributed by atoms with Gasteiger partial charge in [0.2, 0.25) is 0 Å². The first-order valence-electron chi connectivity index (χ1n) is 5.83. The van der Waals surface area contributed by atoms with Gasteiger partial charge in [0.25, 0.3) is 5.91 Å². The molecule has 2 aromatic rings. The van der Waals surface area contributed by atoms with Crippen molar-refractivity contribution in [2.24, 2.45) is 0 Å². The minimum atomic E-state index is -0.760. The number of hydrogen-bond donors (Lipinski definition) is 2. The number of thioether (sulfide) groups is 1. The largest absolute Gasteiger partial charge is 0.472 e. The molecule has 0 aliphatic rings. The van der Waals surface area contributed by atoms with E-state index >= 15 is 0 Å². The highest BCUT2D eigenvalue weighted by atomic mass is 32.2. The fourth-order valence-corrected chi connectivity index (χ4v) is 2.29. The first-order valence-corrected chi connectivity index (χ1v) is 7.06. The van der Waals surface area contributed by atoms with E-state index in [1.807, 2.05) is 24.5 Å². The van der Waals surface area contributed by atoms with Crippen molar-refractivity contribution in [3.63, 3.8) is 0 Å². The normalized spacial score (nSPS) is 12.1. The van der Waals surface area contributed by atoms with Crippen LogP contribution in [0.3, 0.4) is 0 Å². The van der Waals surface area contributed by atoms with Gasteiger partial charge in [-0.25, -0.2) is 0 Å². The first kappa shape index (κ1) is 13.7. The SMILES string of the molecule is CSc1ccccc1C(=O)NC[C@H](O)c1ccoc1. The molecule has 1 atom stereocenters. The van der Waals surface area contributed by atoms with Crippen LogP contribution in [0.15, 0.2) is 52.2 Å². The molecule has 1 aromatic carbocycles. The van der Waals surface area contributed by atoms with Crippen LogP contribution in [0, 0.1) is 0 Å². The standard InChI is InChI=1S/C14H15NO3S/c1-19-13-5-3-2-4-11(13)14(17)15-8-12(16)10-6-7-18-9-10/h2-7,9,12,16H,8H2,1H3,(H,15,17)/t12-/m0/s1. The Morgan fingerprint density at radius 2 is 2.21 bits per heavy atom. The number of aliphatic hydroxyl groups excluding tert-OH is 1. The fraction of sp³-hybridized carbons (Fsp3) is 0.214. The van der Waals surface area contributed by atoms with Crippen LogP contribution in [0.1, 0.15) is 22.0 Å². The van der Waals surface area contributed by atoms with Crippen LogP contribution in [0.4, 0.5) is 0 Å². The van der Waals surface area contributed by atoms with Gasteiger partial charge in [0, 0.05) is 17.0 Å². The molecule has 0 radical (unpaired) electrons. The molecule has 0 unspecified atom stereocenters. The van der Waals surface area contributed by atoms with Crippen molar-refractivity contribution in [3.05, 3.63) is 54.0 Å². The summed E-state index contributed by atoms with van der Waals surface area (Å²) in [5.74, 6) is -0.188. The van der Waals surface area contributed by atoms with Crippen molar-refractivity contribution in [2.45, 2.75) is 11.0 Å². The number of benzene rings is 1. The highest BCUT2D eigenvalue weighted by Crippen LogP contribution is 2.20. The number of rotatable bonds is 5. The average molecular weight is 277 g/mol. The molecule has 5 heteroatoms. The molecule has 1 heterocycles. The third kappa shape index (κ3) is 3.39. The third-order valence-electron chi connectivity index (χ3n) is 2.74. The molecule has 2 rings (SSSR count). The van der Waals surface area contributed by atoms with E-state index in [0.717, 1.165) is 4.90 Å². The Hall–Kier alpha value is -1.72. The summed E-state index contributed by atoms with van der Waals surface area (Å²) in [6.45, 7) is 0.154. The zero-order valence-electron chi connectivity index (χ0n) is 10.5. The number of nitrogens with one attached hydrogen (secondary N) is 1. The summed E-state index contributed by atoms with van der Waals surface area (Å²) in [6.07, 6.45) is 4.12. The zero-order valence-corrected chi connectivity index (χ0v) is 11.3. The molecule has 0 fully saturated rings. The monoisotopic (exact) mass is 277 g/mol. The van der Waals surface area contributed by atoms with E-state index in [2.05, 4.69) is 5.32 Å². The van der Waals surface area contributed by atoms with Crippen LogP contribution in [-0.2, 0) is 0 Å². The highest BCUT2D eigenvalue weighted by Gasteiger charge is 2.13. The highest BCUT2D eigenvalue weighted by molar-refractivity contribution is 7.98. The van der Waals surface area contributed by atoms with Crippen LogP contribution in [0.25, 0.3) is 0 Å². The summed E-state index contributed by atoms with van der Waals surface area (Å²) >= 11 is 1.52. The van der Waals surface area contributed by atoms with Crippen LogP contribution in [-0.4, -0.2) is 23.8 Å². The number of hydrogen-bond acceptors (Lipinski definition) is 4. The van der Waals surface area contributed by atoms with Gasteiger partial charge in [-0.05, 0) is 24.5 Å². The molecule has 0 saturated carbocycles. The Bertz CT molecular complexity index is 539. The molecule has 0 saturated heterocycles. The maximum atomic E-state index is 12.0. The van der Waals surface area contributed by atoms with Crippen molar-refractivity contribution in [1.82, 2.24) is 5.32 Å². The predicted molar refractivity (Wildman–Crippen MR) is 74.2 cm³/mol. The first-order chi connectivity index (χ1) is 9.22. The van der Waals surface area contributed by atoms with E-state index in [1.54, 1.807) is 12.1 Å². The van der Waals surface area contributed by atoms with E-state index in [9.17, 15) is 9.90 Å². The van der Waals surface area contributed by atoms with Crippen LogP contribution in [0.2, 0.25) is 0 Å². The molecule has 100 valence electrons. The Morgan fingerprint density at radius 1 is 1.42 bits per heavy atom. The van der Waals surface area contributed by atoms with Gasteiger partial charge in [-0.15, -0.1) is 11.8 Å². The molecule has 0 bridgehead atoms. The molecule has 0 spiro atoms. The van der Waals surface area contributed by atoms with Crippen LogP contribution in [0.5, 0.6) is 0 Å². The van der Waals surface area contributed by atoms with E-state index < -0.39 is 6.10 Å². The van der Waals surface area contributed by atoms with E-state index in [4.69, 9.17) is 4.42 Å². The van der Waals surface area contributed by atoms with Gasteiger partial charge in [0.05, 0.1) is 24.2 Å². The van der Waals surface area contributed by atoms with Crippen molar-refractivity contribution in [1.29, 1.82) is 0 Å². The molecule has 1 aromatic heterocycles. The number of furan rings is 1. The van der Waals surface area contributed by atoms with Gasteiger partial charge < -0.3 is 14.8 Å². The van der Waals surface area contributed by atoms with E-state index in [1.165, 1.54) is 24.3 Å². The van der Waals surface area contributed by atoms with Gasteiger partial charge in [-0.1, -0.05) is 12.1 Å². The molecular formula is C14H15NO3S. The fourth-order valence-electron chi connectivity index (χ4n) is 1.70. The second-order valence-corrected chi connectivity index (χ2v) is 4.83. The molecule has 2 N–H and O–H groups in total. The molecule has 0 aliphatic heterocycles. The average Bonchev–Trinajstić information content (AvgIpc) is 2.98. The molecule has 1 amide bonds. The quantitative estimate of drug-likeness (QED) is 0.824. The minimum absolute atomic E-state index is 0.154. The van der Waals surface area contributed by atoms with Crippen LogP contribution >= 0.6 is 11.8 Å². The molecule has 4 nitrogen and oxygen atoms in total. The predicted octanol–water partition coefficient (Wildman–Crippen LogP) is 2.46. The van der Waals surface area contributed by atoms with Crippen molar-refractivity contribution >= 4 is 17.7 Å². The minimum Gasteiger partial charge on any atom is -0.472 e. The van der Waals surface area contributed by atoms with Gasteiger partial charge in [0.1, 0.15) is 0 Å². The lowest BCUT2D eigenvalue weighted by Gasteiger charge is -2.11. The lowest BCUT2D eigenvalue weighted by molar-refractivity contribution is 0.0913. The molecule has 19 heavy (non-hydrogen) atoms. The maximum absolute atomic E-state index is 12.0.